The average molecular weight is 376 g/mol. The highest BCUT2D eigenvalue weighted by molar-refractivity contribution is 5.89. The van der Waals surface area contributed by atoms with Gasteiger partial charge in [-0.3, -0.25) is 4.79 Å². The van der Waals surface area contributed by atoms with E-state index < -0.39 is 36.7 Å². The van der Waals surface area contributed by atoms with Crippen LogP contribution in [0.1, 0.15) is 24.8 Å². The molecule has 2 amide bonds. The van der Waals surface area contributed by atoms with Crippen molar-refractivity contribution in [2.45, 2.75) is 38.0 Å². The van der Waals surface area contributed by atoms with E-state index in [4.69, 9.17) is 11.2 Å². The molecule has 8 heteroatoms. The zero-order chi connectivity index (χ0) is 20.1. The molecule has 1 aromatic rings. The number of ether oxygens (including phenoxy) is 2. The van der Waals surface area contributed by atoms with E-state index in [1.807, 2.05) is 6.07 Å². The van der Waals surface area contributed by atoms with Gasteiger partial charge in [-0.15, -0.1) is 12.3 Å². The molecule has 0 unspecified atom stereocenters. The number of aliphatic hydroxyl groups excluding tert-OH is 1. The van der Waals surface area contributed by atoms with Crippen LogP contribution in [0.4, 0.5) is 4.79 Å². The normalized spacial score (nSPS) is 12.2. The van der Waals surface area contributed by atoms with Crippen LogP contribution in [0.3, 0.4) is 0 Å². The monoisotopic (exact) mass is 376 g/mol. The smallest absolute Gasteiger partial charge is 0.408 e. The van der Waals surface area contributed by atoms with Gasteiger partial charge >= 0.3 is 12.1 Å². The van der Waals surface area contributed by atoms with E-state index in [9.17, 15) is 19.5 Å². The molecule has 0 aliphatic carbocycles. The molecule has 0 saturated carbocycles. The Hall–Kier alpha value is -3.05. The number of rotatable bonds is 10. The largest absolute Gasteiger partial charge is 0.467 e. The van der Waals surface area contributed by atoms with Crippen LogP contribution in [-0.4, -0.2) is 48.9 Å². The highest BCUT2D eigenvalue weighted by Crippen LogP contribution is 2.04. The van der Waals surface area contributed by atoms with Gasteiger partial charge in [0, 0.05) is 6.42 Å². The third-order valence-corrected chi connectivity index (χ3v) is 3.62. The Bertz CT molecular complexity index is 656. The van der Waals surface area contributed by atoms with Crippen molar-refractivity contribution in [3.05, 3.63) is 35.9 Å². The number of carbonyl (C=O) groups excluding carboxylic acids is 3. The maximum Gasteiger partial charge on any atom is 0.408 e. The third-order valence-electron chi connectivity index (χ3n) is 3.62. The summed E-state index contributed by atoms with van der Waals surface area (Å²) < 4.78 is 9.65. The number of aliphatic hydroxyl groups is 1. The highest BCUT2D eigenvalue weighted by atomic mass is 16.5. The van der Waals surface area contributed by atoms with Gasteiger partial charge in [0.1, 0.15) is 18.7 Å². The Morgan fingerprint density at radius 2 is 1.89 bits per heavy atom. The second kappa shape index (κ2) is 12.3. The van der Waals surface area contributed by atoms with Crippen molar-refractivity contribution >= 4 is 18.0 Å². The first-order valence-electron chi connectivity index (χ1n) is 8.41. The minimum absolute atomic E-state index is 0.0172. The first-order chi connectivity index (χ1) is 13.0. The number of nitrogens with one attached hydrogen (secondary N) is 2. The van der Waals surface area contributed by atoms with Gasteiger partial charge in [0.05, 0.1) is 13.7 Å². The number of benzene rings is 1. The van der Waals surface area contributed by atoms with Gasteiger partial charge in [-0.2, -0.15) is 0 Å². The molecule has 0 saturated heterocycles. The lowest BCUT2D eigenvalue weighted by Crippen LogP contribution is -2.53. The molecule has 1 aromatic carbocycles. The summed E-state index contributed by atoms with van der Waals surface area (Å²) >= 11 is 0. The molecular formula is C19H24N2O6. The zero-order valence-electron chi connectivity index (χ0n) is 15.1. The lowest BCUT2D eigenvalue weighted by Gasteiger charge is -2.20. The molecular weight excluding hydrogens is 352 g/mol. The van der Waals surface area contributed by atoms with Crippen molar-refractivity contribution in [1.29, 1.82) is 0 Å². The predicted octanol–water partition coefficient (Wildman–Crippen LogP) is 0.735. The van der Waals surface area contributed by atoms with Gasteiger partial charge in [0.15, 0.2) is 0 Å². The third kappa shape index (κ3) is 8.25. The number of terminal acetylenes is 1. The molecule has 146 valence electrons. The molecule has 2 atom stereocenters. The minimum atomic E-state index is -1.27. The van der Waals surface area contributed by atoms with Crippen LogP contribution in [0.25, 0.3) is 0 Å². The highest BCUT2D eigenvalue weighted by Gasteiger charge is 2.27. The van der Waals surface area contributed by atoms with E-state index in [1.54, 1.807) is 24.3 Å². The Labute approximate surface area is 158 Å². The van der Waals surface area contributed by atoms with Crippen molar-refractivity contribution in [2.75, 3.05) is 13.7 Å². The maximum absolute atomic E-state index is 12.3. The average Bonchev–Trinajstić information content (AvgIpc) is 2.69. The number of hydrogen-bond donors (Lipinski definition) is 3. The fraction of sp³-hybridized carbons (Fsp3) is 0.421. The summed E-state index contributed by atoms with van der Waals surface area (Å²) in [6.07, 6.45) is 5.53. The molecule has 0 radical (unpaired) electrons. The van der Waals surface area contributed by atoms with E-state index >= 15 is 0 Å². The Morgan fingerprint density at radius 3 is 2.48 bits per heavy atom. The van der Waals surface area contributed by atoms with Crippen molar-refractivity contribution in [3.63, 3.8) is 0 Å². The van der Waals surface area contributed by atoms with Gasteiger partial charge in [-0.1, -0.05) is 30.3 Å². The predicted molar refractivity (Wildman–Crippen MR) is 97.3 cm³/mol. The van der Waals surface area contributed by atoms with Crippen LogP contribution in [-0.2, 0) is 25.7 Å². The summed E-state index contributed by atoms with van der Waals surface area (Å²) in [4.78, 5) is 35.9. The number of amides is 2. The summed E-state index contributed by atoms with van der Waals surface area (Å²) in [6.45, 7) is -0.645. The topological polar surface area (TPSA) is 114 Å². The van der Waals surface area contributed by atoms with Crippen LogP contribution in [0.2, 0.25) is 0 Å². The number of hydrogen-bond acceptors (Lipinski definition) is 6. The zero-order valence-corrected chi connectivity index (χ0v) is 15.1. The van der Waals surface area contributed by atoms with Gasteiger partial charge in [-0.25, -0.2) is 9.59 Å². The molecule has 27 heavy (non-hydrogen) atoms. The first-order valence-corrected chi connectivity index (χ1v) is 8.41. The second-order valence-electron chi connectivity index (χ2n) is 5.62. The van der Waals surface area contributed by atoms with Crippen LogP contribution in [0.5, 0.6) is 0 Å². The van der Waals surface area contributed by atoms with E-state index in [0.717, 1.165) is 5.56 Å². The van der Waals surface area contributed by atoms with Crippen molar-refractivity contribution in [3.8, 4) is 12.3 Å². The summed E-state index contributed by atoms with van der Waals surface area (Å²) in [5.74, 6) is 1.08. The summed E-state index contributed by atoms with van der Waals surface area (Å²) in [5.41, 5.74) is 0.775. The van der Waals surface area contributed by atoms with Crippen molar-refractivity contribution < 1.29 is 29.0 Å². The quantitative estimate of drug-likeness (QED) is 0.315. The summed E-state index contributed by atoms with van der Waals surface area (Å²) in [6, 6.07) is 6.79. The Kier molecular flexibility index (Phi) is 10.0. The second-order valence-corrected chi connectivity index (χ2v) is 5.62. The summed E-state index contributed by atoms with van der Waals surface area (Å²) in [5, 5.41) is 14.1. The molecule has 0 spiro atoms. The van der Waals surface area contributed by atoms with E-state index in [2.05, 4.69) is 21.3 Å². The van der Waals surface area contributed by atoms with Gasteiger partial charge in [0.2, 0.25) is 5.91 Å². The summed E-state index contributed by atoms with van der Waals surface area (Å²) in [7, 11) is 1.20. The number of alkyl carbamates (subject to hydrolysis) is 1. The first kappa shape index (κ1) is 22.0. The lowest BCUT2D eigenvalue weighted by molar-refractivity contribution is -0.145. The number of carbonyl (C=O) groups is 3. The van der Waals surface area contributed by atoms with Crippen LogP contribution < -0.4 is 10.6 Å². The molecule has 0 bridgehead atoms. The molecule has 0 heterocycles. The van der Waals surface area contributed by atoms with E-state index in [-0.39, 0.29) is 13.0 Å². The van der Waals surface area contributed by atoms with Gasteiger partial charge in [0.25, 0.3) is 0 Å². The van der Waals surface area contributed by atoms with Crippen LogP contribution >= 0.6 is 0 Å². The maximum atomic E-state index is 12.3. The molecule has 0 aromatic heterocycles. The lowest BCUT2D eigenvalue weighted by atomic mass is 10.1. The van der Waals surface area contributed by atoms with Gasteiger partial charge < -0.3 is 25.2 Å². The van der Waals surface area contributed by atoms with Crippen molar-refractivity contribution in [2.24, 2.45) is 0 Å². The van der Waals surface area contributed by atoms with E-state index in [1.165, 1.54) is 7.11 Å². The Morgan fingerprint density at radius 1 is 1.19 bits per heavy atom. The molecule has 1 rings (SSSR count). The number of esters is 1. The SMILES string of the molecule is C#CCCC[C@H](NC(=O)[C@H](CO)NC(=O)OCc1ccccc1)C(=O)OC. The van der Waals surface area contributed by atoms with E-state index in [0.29, 0.717) is 12.8 Å². The molecule has 0 aliphatic rings. The van der Waals surface area contributed by atoms with Crippen LogP contribution in [0, 0.1) is 12.3 Å². The van der Waals surface area contributed by atoms with Crippen LogP contribution in [0.15, 0.2) is 30.3 Å². The minimum Gasteiger partial charge on any atom is -0.467 e. The number of unbranched alkanes of at least 4 members (excludes halogenated alkanes) is 1. The molecule has 0 fully saturated rings. The van der Waals surface area contributed by atoms with Gasteiger partial charge in [-0.05, 0) is 18.4 Å². The molecule has 8 nitrogen and oxygen atoms in total. The fourth-order valence-electron chi connectivity index (χ4n) is 2.17. The molecule has 3 N–H and O–H groups in total. The van der Waals surface area contributed by atoms with Crippen molar-refractivity contribution in [1.82, 2.24) is 10.6 Å². The standard InChI is InChI=1S/C19H24N2O6/c1-3-4-6-11-15(18(24)26-2)20-17(23)16(12-22)21-19(25)27-13-14-9-7-5-8-10-14/h1,5,7-10,15-16,22H,4,6,11-13H2,2H3,(H,20,23)(H,21,25)/t15-,16-/m0/s1. The Balaban J connectivity index is 2.56. The number of methoxy groups -OCH3 is 1. The fourth-order valence-corrected chi connectivity index (χ4v) is 2.17. The molecule has 0 aliphatic heterocycles.